The van der Waals surface area contributed by atoms with Gasteiger partial charge in [-0.25, -0.2) is 0 Å². The molecule has 1 aromatic carbocycles. The van der Waals surface area contributed by atoms with Crippen LogP contribution in [-0.4, -0.2) is 71.3 Å². The van der Waals surface area contributed by atoms with Gasteiger partial charge in [0.1, 0.15) is 6.04 Å². The van der Waals surface area contributed by atoms with Crippen molar-refractivity contribution in [1.82, 2.24) is 15.1 Å². The minimum Gasteiger partial charge on any atom is -0.378 e. The van der Waals surface area contributed by atoms with Gasteiger partial charge in [-0.15, -0.1) is 0 Å². The first-order valence-electron chi connectivity index (χ1n) is 11.9. The summed E-state index contributed by atoms with van der Waals surface area (Å²) in [4.78, 5) is 53.6. The highest BCUT2D eigenvalue weighted by Crippen LogP contribution is 2.32. The summed E-state index contributed by atoms with van der Waals surface area (Å²) in [5.41, 5.74) is 7.66. The number of ether oxygens (including phenoxy) is 1. The van der Waals surface area contributed by atoms with Gasteiger partial charge in [0, 0.05) is 32.2 Å². The number of carbonyl (C=O) groups excluding carboxylic acids is 4. The predicted octanol–water partition coefficient (Wildman–Crippen LogP) is 0.806. The Morgan fingerprint density at radius 2 is 1.94 bits per heavy atom. The van der Waals surface area contributed by atoms with Gasteiger partial charge in [-0.3, -0.25) is 34.3 Å². The number of rotatable bonds is 4. The van der Waals surface area contributed by atoms with E-state index in [1.807, 2.05) is 6.07 Å². The fraction of sp³-hybridized carbons (Fsp3) is 0.583. The molecular weight excluding hydrogens is 424 g/mol. The van der Waals surface area contributed by atoms with E-state index >= 15 is 0 Å². The monoisotopic (exact) mass is 454 g/mol. The topological polar surface area (TPSA) is 122 Å². The zero-order chi connectivity index (χ0) is 23.1. The third-order valence-electron chi connectivity index (χ3n) is 7.37. The Morgan fingerprint density at radius 3 is 2.73 bits per heavy atom. The smallest absolute Gasteiger partial charge is 0.262 e. The number of piperidine rings is 2. The molecular formula is C24H30N4O5. The zero-order valence-corrected chi connectivity index (χ0v) is 18.6. The number of amides is 4. The SMILES string of the molecule is NC1CCOC(C2CCCN(Cc3cccc4c3C(=O)N(C3CCC(=O)NC3=O)C4=O)C2)C1. The van der Waals surface area contributed by atoms with Crippen molar-refractivity contribution in [2.45, 2.75) is 63.3 Å². The van der Waals surface area contributed by atoms with E-state index in [0.29, 0.717) is 30.2 Å². The Kier molecular flexibility index (Phi) is 6.03. The number of fused-ring (bicyclic) bond motifs is 1. The van der Waals surface area contributed by atoms with Gasteiger partial charge >= 0.3 is 0 Å². The van der Waals surface area contributed by atoms with Crippen molar-refractivity contribution in [3.8, 4) is 0 Å². The molecule has 9 heteroatoms. The van der Waals surface area contributed by atoms with Crippen LogP contribution in [0.25, 0.3) is 0 Å². The summed E-state index contributed by atoms with van der Waals surface area (Å²) >= 11 is 0. The molecule has 0 bridgehead atoms. The van der Waals surface area contributed by atoms with Gasteiger partial charge in [0.15, 0.2) is 0 Å². The quantitative estimate of drug-likeness (QED) is 0.646. The normalized spacial score (nSPS) is 31.0. The van der Waals surface area contributed by atoms with Gasteiger partial charge in [-0.2, -0.15) is 0 Å². The molecule has 0 aliphatic carbocycles. The molecule has 0 radical (unpaired) electrons. The highest BCUT2D eigenvalue weighted by atomic mass is 16.5. The standard InChI is InChI=1S/C24H30N4O5/c25-16-8-10-33-19(11-16)14-4-2-9-27(12-14)13-15-3-1-5-17-21(15)24(32)28(23(17)31)18-6-7-20(29)26-22(18)30/h1,3,5,14,16,18-19H,2,4,6-13,25H2,(H,26,29,30). The number of imide groups is 2. The van der Waals surface area contributed by atoms with E-state index in [2.05, 4.69) is 10.2 Å². The van der Waals surface area contributed by atoms with Crippen LogP contribution in [0.3, 0.4) is 0 Å². The van der Waals surface area contributed by atoms with Gasteiger partial charge in [-0.1, -0.05) is 12.1 Å². The summed E-state index contributed by atoms with van der Waals surface area (Å²) in [6, 6.07) is 4.56. The van der Waals surface area contributed by atoms with Gasteiger partial charge in [0.05, 0.1) is 17.2 Å². The average Bonchev–Trinajstić information content (AvgIpc) is 3.05. The van der Waals surface area contributed by atoms with Crippen LogP contribution in [0.2, 0.25) is 0 Å². The highest BCUT2D eigenvalue weighted by molar-refractivity contribution is 6.24. The van der Waals surface area contributed by atoms with Crippen LogP contribution in [0.4, 0.5) is 0 Å². The maximum absolute atomic E-state index is 13.3. The maximum atomic E-state index is 13.3. The van der Waals surface area contributed by atoms with Crippen molar-refractivity contribution in [2.24, 2.45) is 11.7 Å². The molecule has 1 aromatic rings. The summed E-state index contributed by atoms with van der Waals surface area (Å²) < 4.78 is 6.02. The van der Waals surface area contributed by atoms with Gasteiger partial charge in [0.25, 0.3) is 11.8 Å². The molecule has 176 valence electrons. The average molecular weight is 455 g/mol. The number of nitrogens with one attached hydrogen (secondary N) is 1. The van der Waals surface area contributed by atoms with Crippen LogP contribution in [0.5, 0.6) is 0 Å². The van der Waals surface area contributed by atoms with E-state index < -0.39 is 23.8 Å². The number of nitrogens with two attached hydrogens (primary N) is 1. The highest BCUT2D eigenvalue weighted by Gasteiger charge is 2.45. The van der Waals surface area contributed by atoms with E-state index in [-0.39, 0.29) is 30.9 Å². The molecule has 4 heterocycles. The number of benzene rings is 1. The fourth-order valence-corrected chi connectivity index (χ4v) is 5.68. The lowest BCUT2D eigenvalue weighted by molar-refractivity contribution is -0.136. The predicted molar refractivity (Wildman–Crippen MR) is 118 cm³/mol. The second-order valence-electron chi connectivity index (χ2n) is 9.62. The van der Waals surface area contributed by atoms with E-state index in [1.165, 1.54) is 0 Å². The third-order valence-corrected chi connectivity index (χ3v) is 7.37. The Morgan fingerprint density at radius 1 is 1.09 bits per heavy atom. The maximum Gasteiger partial charge on any atom is 0.262 e. The van der Waals surface area contributed by atoms with Gasteiger partial charge in [0.2, 0.25) is 11.8 Å². The summed E-state index contributed by atoms with van der Waals surface area (Å²) in [6.07, 6.45) is 4.37. The van der Waals surface area contributed by atoms with Crippen LogP contribution < -0.4 is 11.1 Å². The number of carbonyl (C=O) groups is 4. The second-order valence-corrected chi connectivity index (χ2v) is 9.62. The lowest BCUT2D eigenvalue weighted by Crippen LogP contribution is -2.54. The molecule has 0 saturated carbocycles. The van der Waals surface area contributed by atoms with E-state index in [4.69, 9.17) is 10.5 Å². The Bertz CT molecular complexity index is 995. The molecule has 5 rings (SSSR count). The van der Waals surface area contributed by atoms with Crippen LogP contribution in [0.15, 0.2) is 18.2 Å². The zero-order valence-electron chi connectivity index (χ0n) is 18.6. The molecule has 4 unspecified atom stereocenters. The lowest BCUT2D eigenvalue weighted by atomic mass is 9.87. The van der Waals surface area contributed by atoms with Crippen molar-refractivity contribution in [3.63, 3.8) is 0 Å². The van der Waals surface area contributed by atoms with Crippen molar-refractivity contribution in [2.75, 3.05) is 19.7 Å². The molecule has 0 spiro atoms. The molecule has 4 atom stereocenters. The van der Waals surface area contributed by atoms with Crippen molar-refractivity contribution in [1.29, 1.82) is 0 Å². The summed E-state index contributed by atoms with van der Waals surface area (Å²) in [6.45, 7) is 3.04. The Hall–Kier alpha value is -2.62. The largest absolute Gasteiger partial charge is 0.378 e. The second kappa shape index (κ2) is 8.96. The van der Waals surface area contributed by atoms with E-state index in [1.54, 1.807) is 12.1 Å². The molecule has 9 nitrogen and oxygen atoms in total. The van der Waals surface area contributed by atoms with Gasteiger partial charge < -0.3 is 10.5 Å². The Balaban J connectivity index is 1.33. The number of hydrogen-bond donors (Lipinski definition) is 2. The van der Waals surface area contributed by atoms with E-state index in [9.17, 15) is 19.2 Å². The lowest BCUT2D eigenvalue weighted by Gasteiger charge is -2.39. The Labute approximate surface area is 192 Å². The van der Waals surface area contributed by atoms with Crippen LogP contribution in [0.1, 0.15) is 64.8 Å². The van der Waals surface area contributed by atoms with Gasteiger partial charge in [-0.05, 0) is 56.2 Å². The number of hydrogen-bond acceptors (Lipinski definition) is 7. The van der Waals surface area contributed by atoms with Crippen molar-refractivity contribution < 1.29 is 23.9 Å². The molecule has 3 fully saturated rings. The molecule has 4 aliphatic heterocycles. The molecule has 3 N–H and O–H groups in total. The molecule has 3 saturated heterocycles. The molecule has 0 aromatic heterocycles. The molecule has 33 heavy (non-hydrogen) atoms. The van der Waals surface area contributed by atoms with Crippen molar-refractivity contribution in [3.05, 3.63) is 34.9 Å². The van der Waals surface area contributed by atoms with Crippen LogP contribution in [-0.2, 0) is 20.9 Å². The molecule has 4 amide bonds. The third kappa shape index (κ3) is 4.20. The summed E-state index contributed by atoms with van der Waals surface area (Å²) in [7, 11) is 0. The fourth-order valence-electron chi connectivity index (χ4n) is 5.68. The van der Waals surface area contributed by atoms with Crippen LogP contribution >= 0.6 is 0 Å². The summed E-state index contributed by atoms with van der Waals surface area (Å²) in [5, 5.41) is 2.24. The molecule has 4 aliphatic rings. The minimum absolute atomic E-state index is 0.110. The van der Waals surface area contributed by atoms with Crippen LogP contribution in [0, 0.1) is 5.92 Å². The first kappa shape index (κ1) is 22.2. The number of likely N-dealkylation sites (tertiary alicyclic amines) is 1. The minimum atomic E-state index is -0.949. The first-order valence-corrected chi connectivity index (χ1v) is 11.9. The van der Waals surface area contributed by atoms with E-state index in [0.717, 1.165) is 49.2 Å². The first-order chi connectivity index (χ1) is 15.9. The van der Waals surface area contributed by atoms with Crippen molar-refractivity contribution >= 4 is 23.6 Å². The summed E-state index contributed by atoms with van der Waals surface area (Å²) in [5.74, 6) is -1.48. The number of nitrogens with zero attached hydrogens (tertiary/aromatic N) is 2.